The van der Waals surface area contributed by atoms with Crippen molar-refractivity contribution in [3.05, 3.63) is 113 Å². The Morgan fingerprint density at radius 3 is 2.43 bits per heavy atom. The van der Waals surface area contributed by atoms with Gasteiger partial charge in [0.2, 0.25) is 0 Å². The lowest BCUT2D eigenvalue weighted by Gasteiger charge is -2.26. The zero-order valence-electron chi connectivity index (χ0n) is 16.5. The SMILES string of the molecule is Cc1ccc(NC(=O)/C(C#N)=C\C2=Cc3ccccc3O[C@@H]2c2ccccc2)cc1. The third-order valence-corrected chi connectivity index (χ3v) is 4.88. The highest BCUT2D eigenvalue weighted by Crippen LogP contribution is 2.38. The summed E-state index contributed by atoms with van der Waals surface area (Å²) in [5.41, 5.74) is 4.36. The van der Waals surface area contributed by atoms with Gasteiger partial charge in [0.25, 0.3) is 5.91 Å². The van der Waals surface area contributed by atoms with Crippen molar-refractivity contribution in [1.82, 2.24) is 0 Å². The maximum atomic E-state index is 12.7. The number of carbonyl (C=O) groups is 1. The van der Waals surface area contributed by atoms with Crippen LogP contribution in [-0.4, -0.2) is 5.91 Å². The van der Waals surface area contributed by atoms with E-state index in [2.05, 4.69) is 5.32 Å². The molecule has 0 aliphatic carbocycles. The molecule has 0 aromatic heterocycles. The largest absolute Gasteiger partial charge is 0.480 e. The van der Waals surface area contributed by atoms with Crippen LogP contribution in [0.15, 0.2) is 96.1 Å². The molecule has 146 valence electrons. The van der Waals surface area contributed by atoms with E-state index in [0.29, 0.717) is 5.69 Å². The summed E-state index contributed by atoms with van der Waals surface area (Å²) in [6, 6.07) is 26.9. The van der Waals surface area contributed by atoms with E-state index >= 15 is 0 Å². The quantitative estimate of drug-likeness (QED) is 0.464. The summed E-state index contributed by atoms with van der Waals surface area (Å²) in [5.74, 6) is 0.319. The number of amides is 1. The van der Waals surface area contributed by atoms with Gasteiger partial charge in [0.15, 0.2) is 0 Å². The zero-order valence-corrected chi connectivity index (χ0v) is 16.5. The number of hydrogen-bond acceptors (Lipinski definition) is 3. The molecular formula is C26H20N2O2. The van der Waals surface area contributed by atoms with Gasteiger partial charge in [0.1, 0.15) is 23.5 Å². The van der Waals surface area contributed by atoms with Crippen molar-refractivity contribution in [2.24, 2.45) is 0 Å². The second-order valence-corrected chi connectivity index (χ2v) is 7.08. The van der Waals surface area contributed by atoms with Gasteiger partial charge in [0, 0.05) is 11.3 Å². The van der Waals surface area contributed by atoms with Gasteiger partial charge in [-0.2, -0.15) is 5.26 Å². The first-order valence-electron chi connectivity index (χ1n) is 9.66. The van der Waals surface area contributed by atoms with Crippen molar-refractivity contribution >= 4 is 17.7 Å². The fraction of sp³-hybridized carbons (Fsp3) is 0.0769. The first-order valence-corrected chi connectivity index (χ1v) is 9.66. The molecule has 1 atom stereocenters. The number of nitrogens with one attached hydrogen (secondary N) is 1. The van der Waals surface area contributed by atoms with Crippen LogP contribution >= 0.6 is 0 Å². The Morgan fingerprint density at radius 2 is 1.70 bits per heavy atom. The second-order valence-electron chi connectivity index (χ2n) is 7.08. The predicted molar refractivity (Wildman–Crippen MR) is 118 cm³/mol. The van der Waals surface area contributed by atoms with Crippen LogP contribution in [-0.2, 0) is 4.79 Å². The maximum absolute atomic E-state index is 12.7. The summed E-state index contributed by atoms with van der Waals surface area (Å²) in [5, 5.41) is 12.4. The number of hydrogen-bond donors (Lipinski definition) is 1. The van der Waals surface area contributed by atoms with E-state index in [1.165, 1.54) is 0 Å². The van der Waals surface area contributed by atoms with E-state index in [-0.39, 0.29) is 5.57 Å². The lowest BCUT2D eigenvalue weighted by atomic mass is 9.94. The Kier molecular flexibility index (Phi) is 5.45. The fourth-order valence-corrected chi connectivity index (χ4v) is 3.31. The van der Waals surface area contributed by atoms with Gasteiger partial charge < -0.3 is 10.1 Å². The molecule has 1 N–H and O–H groups in total. The van der Waals surface area contributed by atoms with Crippen LogP contribution < -0.4 is 10.1 Å². The smallest absolute Gasteiger partial charge is 0.266 e. The normalized spacial score (nSPS) is 15.3. The van der Waals surface area contributed by atoms with E-state index in [9.17, 15) is 10.1 Å². The van der Waals surface area contributed by atoms with Gasteiger partial charge in [-0.1, -0.05) is 66.2 Å². The molecule has 0 bridgehead atoms. The molecule has 30 heavy (non-hydrogen) atoms. The highest BCUT2D eigenvalue weighted by Gasteiger charge is 2.24. The topological polar surface area (TPSA) is 62.1 Å². The molecule has 1 aliphatic rings. The first-order chi connectivity index (χ1) is 14.6. The highest BCUT2D eigenvalue weighted by atomic mass is 16.5. The number of rotatable bonds is 4. The molecule has 0 saturated heterocycles. The molecule has 0 unspecified atom stereocenters. The number of anilines is 1. The molecule has 3 aromatic rings. The fourth-order valence-electron chi connectivity index (χ4n) is 3.31. The van der Waals surface area contributed by atoms with Crippen molar-refractivity contribution in [3.8, 4) is 11.8 Å². The standard InChI is InChI=1S/C26H20N2O2/c1-18-11-13-23(14-12-18)28-26(29)22(17-27)16-21-15-20-9-5-6-10-24(20)30-25(21)19-7-3-2-4-8-19/h2-16,25H,1H3,(H,28,29)/b22-16-/t25-/m1/s1. The first kappa shape index (κ1) is 19.2. The van der Waals surface area contributed by atoms with Gasteiger partial charge in [-0.15, -0.1) is 0 Å². The number of nitriles is 1. The molecule has 0 saturated carbocycles. The van der Waals surface area contributed by atoms with E-state index < -0.39 is 12.0 Å². The van der Waals surface area contributed by atoms with Crippen molar-refractivity contribution < 1.29 is 9.53 Å². The van der Waals surface area contributed by atoms with Gasteiger partial charge >= 0.3 is 0 Å². The van der Waals surface area contributed by atoms with Crippen molar-refractivity contribution in [2.75, 3.05) is 5.32 Å². The average Bonchev–Trinajstić information content (AvgIpc) is 2.79. The summed E-state index contributed by atoms with van der Waals surface area (Å²) >= 11 is 0. The molecule has 4 heteroatoms. The van der Waals surface area contributed by atoms with Crippen LogP contribution in [0.5, 0.6) is 5.75 Å². The number of aryl methyl sites for hydroxylation is 1. The Morgan fingerprint density at radius 1 is 1.00 bits per heavy atom. The summed E-state index contributed by atoms with van der Waals surface area (Å²) < 4.78 is 6.23. The van der Waals surface area contributed by atoms with Crippen molar-refractivity contribution in [3.63, 3.8) is 0 Å². The average molecular weight is 392 g/mol. The lowest BCUT2D eigenvalue weighted by Crippen LogP contribution is -2.17. The third kappa shape index (κ3) is 4.16. The maximum Gasteiger partial charge on any atom is 0.266 e. The number of fused-ring (bicyclic) bond motifs is 1. The minimum absolute atomic E-state index is 0.0192. The molecule has 0 spiro atoms. The molecule has 0 fully saturated rings. The Bertz CT molecular complexity index is 1170. The number of ether oxygens (including phenoxy) is 1. The molecule has 1 heterocycles. The lowest BCUT2D eigenvalue weighted by molar-refractivity contribution is -0.112. The number of nitrogens with zero attached hydrogens (tertiary/aromatic N) is 1. The summed E-state index contributed by atoms with van der Waals surface area (Å²) in [4.78, 5) is 12.7. The van der Waals surface area contributed by atoms with Gasteiger partial charge in [-0.05, 0) is 48.4 Å². The molecular weight excluding hydrogens is 372 g/mol. The van der Waals surface area contributed by atoms with Crippen LogP contribution in [0.1, 0.15) is 22.8 Å². The monoisotopic (exact) mass is 392 g/mol. The van der Waals surface area contributed by atoms with Crippen LogP contribution in [0.4, 0.5) is 5.69 Å². The molecule has 4 rings (SSSR count). The van der Waals surface area contributed by atoms with Crippen LogP contribution in [0.2, 0.25) is 0 Å². The molecule has 1 aliphatic heterocycles. The number of carbonyl (C=O) groups excluding carboxylic acids is 1. The molecule has 3 aromatic carbocycles. The van der Waals surface area contributed by atoms with Gasteiger partial charge in [0.05, 0.1) is 0 Å². The van der Waals surface area contributed by atoms with Gasteiger partial charge in [-0.3, -0.25) is 4.79 Å². The van der Waals surface area contributed by atoms with Gasteiger partial charge in [-0.25, -0.2) is 0 Å². The molecule has 1 amide bonds. The predicted octanol–water partition coefficient (Wildman–Crippen LogP) is 5.60. The summed E-state index contributed by atoms with van der Waals surface area (Å²) in [6.07, 6.45) is 3.17. The van der Waals surface area contributed by atoms with E-state index in [0.717, 1.165) is 28.0 Å². The van der Waals surface area contributed by atoms with E-state index in [1.807, 2.05) is 97.9 Å². The third-order valence-electron chi connectivity index (χ3n) is 4.88. The zero-order chi connectivity index (χ0) is 20.9. The van der Waals surface area contributed by atoms with Crippen LogP contribution in [0.3, 0.4) is 0 Å². The Labute approximate surface area is 175 Å². The summed E-state index contributed by atoms with van der Waals surface area (Å²) in [7, 11) is 0. The van der Waals surface area contributed by atoms with Crippen molar-refractivity contribution in [2.45, 2.75) is 13.0 Å². The molecule has 0 radical (unpaired) electrons. The van der Waals surface area contributed by atoms with E-state index in [1.54, 1.807) is 6.08 Å². The van der Waals surface area contributed by atoms with Crippen molar-refractivity contribution in [1.29, 1.82) is 5.26 Å². The highest BCUT2D eigenvalue weighted by molar-refractivity contribution is 6.07. The van der Waals surface area contributed by atoms with Crippen LogP contribution in [0, 0.1) is 18.3 Å². The van der Waals surface area contributed by atoms with Crippen LogP contribution in [0.25, 0.3) is 6.08 Å². The van der Waals surface area contributed by atoms with E-state index in [4.69, 9.17) is 4.74 Å². The second kappa shape index (κ2) is 8.50. The minimum Gasteiger partial charge on any atom is -0.480 e. The molecule has 4 nitrogen and oxygen atoms in total. The minimum atomic E-state index is -0.451. The summed E-state index contributed by atoms with van der Waals surface area (Å²) in [6.45, 7) is 1.98. The Hall–Kier alpha value is -4.10. The number of para-hydroxylation sites is 1. The number of benzene rings is 3. The Balaban J connectivity index is 1.69.